The first kappa shape index (κ1) is 24.8. The van der Waals surface area contributed by atoms with Crippen LogP contribution in [-0.2, 0) is 16.0 Å². The molecule has 2 fully saturated rings. The highest BCUT2D eigenvalue weighted by Crippen LogP contribution is 2.36. The van der Waals surface area contributed by atoms with Crippen molar-refractivity contribution >= 4 is 18.1 Å². The van der Waals surface area contributed by atoms with Crippen molar-refractivity contribution in [3.05, 3.63) is 65.2 Å². The Labute approximate surface area is 196 Å². The minimum atomic E-state index is -0.733. The Bertz CT molecular complexity index is 893. The minimum Gasteiger partial charge on any atom is -0.483 e. The summed E-state index contributed by atoms with van der Waals surface area (Å²) in [5.41, 5.74) is 5.25. The normalized spacial score (nSPS) is 20.7. The van der Waals surface area contributed by atoms with Crippen LogP contribution in [-0.4, -0.2) is 41.8 Å². The summed E-state index contributed by atoms with van der Waals surface area (Å²) in [6.07, 6.45) is 7.02. The van der Waals surface area contributed by atoms with E-state index in [1.165, 1.54) is 62.0 Å². The van der Waals surface area contributed by atoms with E-state index in [1.54, 1.807) is 0 Å². The Balaban J connectivity index is 0.000000968. The largest absolute Gasteiger partial charge is 0.483 e. The lowest BCUT2D eigenvalue weighted by molar-refractivity contribution is -0.137. The summed E-state index contributed by atoms with van der Waals surface area (Å²) < 4.78 is 0. The quantitative estimate of drug-likeness (QED) is 0.489. The van der Waals surface area contributed by atoms with E-state index in [0.29, 0.717) is 24.4 Å². The van der Waals surface area contributed by atoms with Gasteiger partial charge in [-0.1, -0.05) is 36.4 Å². The van der Waals surface area contributed by atoms with Gasteiger partial charge in [0.25, 0.3) is 6.47 Å². The Morgan fingerprint density at radius 3 is 2.52 bits per heavy atom. The summed E-state index contributed by atoms with van der Waals surface area (Å²) in [5.74, 6) is -0.136. The zero-order chi connectivity index (χ0) is 23.6. The van der Waals surface area contributed by atoms with E-state index in [2.05, 4.69) is 65.7 Å². The van der Waals surface area contributed by atoms with Crippen LogP contribution in [0.5, 0.6) is 0 Å². The van der Waals surface area contributed by atoms with Gasteiger partial charge in [0.1, 0.15) is 0 Å². The molecule has 1 aliphatic heterocycles. The summed E-state index contributed by atoms with van der Waals surface area (Å²) in [6, 6.07) is 18.6. The average Bonchev–Trinajstić information content (AvgIpc) is 3.51. The summed E-state index contributed by atoms with van der Waals surface area (Å²) in [7, 11) is 0. The van der Waals surface area contributed by atoms with E-state index >= 15 is 0 Å². The number of aliphatic carboxylic acids is 1. The fraction of sp³-hybridized carbons (Fsp3) is 0.481. The number of carboxylic acid groups (broad SMARTS) is 2. The molecule has 1 saturated heterocycles. The average molecular weight is 453 g/mol. The van der Waals surface area contributed by atoms with Gasteiger partial charge >= 0.3 is 5.97 Å². The third-order valence-electron chi connectivity index (χ3n) is 6.84. The Hall–Kier alpha value is -2.86. The van der Waals surface area contributed by atoms with Gasteiger partial charge in [-0.3, -0.25) is 9.59 Å². The topological polar surface area (TPSA) is 89.9 Å². The fourth-order valence-electron chi connectivity index (χ4n) is 5.06. The standard InChI is InChI=1S/C26H34N2O2.CH2O2/c1-19(22-5-4-6-25(18-22)28-15-2-3-16-28)27-24-13-12-23(17-24)21-10-7-20(8-11-21)9-14-26(29)30;2-1-3/h4-8,10-11,18-19,23-24,27H,2-3,9,12-17H2,1H3,(H,29,30);1H,(H,2,3)/t19-,23+,24+;/m1./s1. The van der Waals surface area contributed by atoms with Gasteiger partial charge in [-0.05, 0) is 80.2 Å². The number of rotatable bonds is 8. The molecule has 4 rings (SSSR count). The Kier molecular flexibility index (Phi) is 9.31. The monoisotopic (exact) mass is 452 g/mol. The van der Waals surface area contributed by atoms with E-state index in [-0.39, 0.29) is 12.9 Å². The maximum atomic E-state index is 10.8. The zero-order valence-corrected chi connectivity index (χ0v) is 19.5. The maximum absolute atomic E-state index is 10.8. The summed E-state index contributed by atoms with van der Waals surface area (Å²) >= 11 is 0. The van der Waals surface area contributed by atoms with Crippen molar-refractivity contribution in [2.45, 2.75) is 69.9 Å². The molecule has 2 aliphatic rings. The van der Waals surface area contributed by atoms with Crippen LogP contribution in [0, 0.1) is 0 Å². The molecule has 0 aromatic heterocycles. The van der Waals surface area contributed by atoms with E-state index in [4.69, 9.17) is 15.0 Å². The van der Waals surface area contributed by atoms with Crippen molar-refractivity contribution in [3.8, 4) is 0 Å². The van der Waals surface area contributed by atoms with Gasteiger partial charge in [0.15, 0.2) is 0 Å². The lowest BCUT2D eigenvalue weighted by Crippen LogP contribution is -2.29. The molecule has 0 spiro atoms. The van der Waals surface area contributed by atoms with Gasteiger partial charge in [0.2, 0.25) is 0 Å². The van der Waals surface area contributed by atoms with Crippen molar-refractivity contribution in [3.63, 3.8) is 0 Å². The molecule has 0 bridgehead atoms. The lowest BCUT2D eigenvalue weighted by Gasteiger charge is -2.23. The molecule has 1 saturated carbocycles. The first-order valence-corrected chi connectivity index (χ1v) is 12.0. The van der Waals surface area contributed by atoms with Gasteiger partial charge in [0, 0.05) is 37.3 Å². The predicted octanol–water partition coefficient (Wildman–Crippen LogP) is 4.99. The number of hydrogen-bond donors (Lipinski definition) is 3. The SMILES string of the molecule is C[C@@H](N[C@H]1CC[C@H](c2ccc(CCC(=O)O)cc2)C1)c1cccc(N2CCCC2)c1.O=CO. The van der Waals surface area contributed by atoms with Gasteiger partial charge in [-0.15, -0.1) is 0 Å². The molecule has 178 valence electrons. The first-order chi connectivity index (χ1) is 16.0. The van der Waals surface area contributed by atoms with Crippen molar-refractivity contribution < 1.29 is 19.8 Å². The fourth-order valence-corrected chi connectivity index (χ4v) is 5.06. The summed E-state index contributed by atoms with van der Waals surface area (Å²) in [4.78, 5) is 21.6. The molecule has 6 nitrogen and oxygen atoms in total. The molecule has 1 heterocycles. The van der Waals surface area contributed by atoms with Gasteiger partial charge in [-0.25, -0.2) is 0 Å². The zero-order valence-electron chi connectivity index (χ0n) is 19.5. The molecule has 0 amide bonds. The molecule has 0 radical (unpaired) electrons. The highest BCUT2D eigenvalue weighted by atomic mass is 16.4. The van der Waals surface area contributed by atoms with E-state index in [9.17, 15) is 4.79 Å². The van der Waals surface area contributed by atoms with Gasteiger partial charge < -0.3 is 20.4 Å². The molecular weight excluding hydrogens is 416 g/mol. The number of carboxylic acids is 1. The Morgan fingerprint density at radius 2 is 1.85 bits per heavy atom. The number of nitrogens with one attached hydrogen (secondary N) is 1. The van der Waals surface area contributed by atoms with Crippen molar-refractivity contribution in [1.82, 2.24) is 5.32 Å². The molecule has 33 heavy (non-hydrogen) atoms. The molecular formula is C27H36N2O4. The van der Waals surface area contributed by atoms with Crippen LogP contribution in [0.15, 0.2) is 48.5 Å². The van der Waals surface area contributed by atoms with Crippen molar-refractivity contribution in [2.24, 2.45) is 0 Å². The second kappa shape index (κ2) is 12.4. The van der Waals surface area contributed by atoms with Crippen LogP contribution >= 0.6 is 0 Å². The predicted molar refractivity (Wildman–Crippen MR) is 131 cm³/mol. The number of aryl methyl sites for hydroxylation is 1. The maximum Gasteiger partial charge on any atom is 0.303 e. The molecule has 3 N–H and O–H groups in total. The molecule has 2 aromatic rings. The van der Waals surface area contributed by atoms with Gasteiger partial charge in [-0.2, -0.15) is 0 Å². The van der Waals surface area contributed by atoms with E-state index in [1.807, 2.05) is 0 Å². The van der Waals surface area contributed by atoms with Crippen LogP contribution < -0.4 is 10.2 Å². The molecule has 6 heteroatoms. The summed E-state index contributed by atoms with van der Waals surface area (Å²) in [6.45, 7) is 4.41. The van der Waals surface area contributed by atoms with Crippen molar-refractivity contribution in [1.29, 1.82) is 0 Å². The third-order valence-corrected chi connectivity index (χ3v) is 6.84. The highest BCUT2D eigenvalue weighted by Gasteiger charge is 2.27. The number of nitrogens with zero attached hydrogens (tertiary/aromatic N) is 1. The van der Waals surface area contributed by atoms with E-state index in [0.717, 1.165) is 5.56 Å². The second-order valence-electron chi connectivity index (χ2n) is 9.13. The van der Waals surface area contributed by atoms with Crippen LogP contribution in [0.3, 0.4) is 0 Å². The number of hydrogen-bond acceptors (Lipinski definition) is 4. The van der Waals surface area contributed by atoms with Crippen LogP contribution in [0.1, 0.15) is 74.1 Å². The van der Waals surface area contributed by atoms with Crippen molar-refractivity contribution in [2.75, 3.05) is 18.0 Å². The number of anilines is 1. The van der Waals surface area contributed by atoms with Crippen LogP contribution in [0.25, 0.3) is 0 Å². The molecule has 1 aliphatic carbocycles. The third kappa shape index (κ3) is 7.32. The number of carbonyl (C=O) groups is 2. The first-order valence-electron chi connectivity index (χ1n) is 12.0. The van der Waals surface area contributed by atoms with Crippen LogP contribution in [0.2, 0.25) is 0 Å². The number of benzene rings is 2. The Morgan fingerprint density at radius 1 is 1.15 bits per heavy atom. The lowest BCUT2D eigenvalue weighted by atomic mass is 9.95. The highest BCUT2D eigenvalue weighted by molar-refractivity contribution is 5.67. The van der Waals surface area contributed by atoms with Gasteiger partial charge in [0.05, 0.1) is 0 Å². The summed E-state index contributed by atoms with van der Waals surface area (Å²) in [5, 5.41) is 19.6. The smallest absolute Gasteiger partial charge is 0.303 e. The van der Waals surface area contributed by atoms with Crippen LogP contribution in [0.4, 0.5) is 5.69 Å². The molecule has 2 aromatic carbocycles. The van der Waals surface area contributed by atoms with E-state index < -0.39 is 5.97 Å². The molecule has 3 atom stereocenters. The molecule has 0 unspecified atom stereocenters. The minimum absolute atomic E-state index is 0.200. The second-order valence-corrected chi connectivity index (χ2v) is 9.13.